The monoisotopic (exact) mass is 464 g/mol. The third-order valence-corrected chi connectivity index (χ3v) is 7.10. The first-order valence-corrected chi connectivity index (χ1v) is 11.8. The van der Waals surface area contributed by atoms with E-state index in [1.54, 1.807) is 17.9 Å². The first kappa shape index (κ1) is 21.6. The lowest BCUT2D eigenvalue weighted by molar-refractivity contribution is -0.138. The molecule has 0 spiro atoms. The van der Waals surface area contributed by atoms with Gasteiger partial charge in [0.05, 0.1) is 11.7 Å². The molecule has 4 heterocycles. The highest BCUT2D eigenvalue weighted by atomic mass is 32.1. The lowest BCUT2D eigenvalue weighted by Gasteiger charge is -2.27. The van der Waals surface area contributed by atoms with Crippen LogP contribution in [0.1, 0.15) is 27.4 Å². The Balaban J connectivity index is 1.38. The summed E-state index contributed by atoms with van der Waals surface area (Å²) in [5, 5.41) is 4.85. The molecule has 170 valence electrons. The van der Waals surface area contributed by atoms with E-state index in [2.05, 4.69) is 5.32 Å². The number of rotatable bonds is 6. The fourth-order valence-corrected chi connectivity index (χ4v) is 5.31. The second-order valence-electron chi connectivity index (χ2n) is 8.34. The number of ether oxygens (including phenoxy) is 1. The van der Waals surface area contributed by atoms with E-state index in [1.165, 1.54) is 11.3 Å². The average Bonchev–Trinajstić information content (AvgIpc) is 3.60. The number of nitrogens with one attached hydrogen (secondary N) is 1. The SMILES string of the molecule is Cc1oc(-c2ccccc2)cc1C(=O)NC(Cc1cccs1)C(=O)N1CCC2OCC(=O)C21. The number of hydrogen-bond acceptors (Lipinski definition) is 6. The van der Waals surface area contributed by atoms with Gasteiger partial charge in [0.1, 0.15) is 30.2 Å². The minimum absolute atomic E-state index is 0.0392. The molecule has 0 bridgehead atoms. The quantitative estimate of drug-likeness (QED) is 0.605. The largest absolute Gasteiger partial charge is 0.461 e. The maximum Gasteiger partial charge on any atom is 0.255 e. The lowest BCUT2D eigenvalue weighted by Crippen LogP contribution is -2.53. The molecule has 8 heteroatoms. The number of likely N-dealkylation sites (tertiary alicyclic amines) is 1. The minimum atomic E-state index is -0.794. The molecule has 33 heavy (non-hydrogen) atoms. The van der Waals surface area contributed by atoms with E-state index in [9.17, 15) is 14.4 Å². The van der Waals surface area contributed by atoms with Crippen molar-refractivity contribution in [2.45, 2.75) is 38.0 Å². The Morgan fingerprint density at radius 1 is 1.21 bits per heavy atom. The van der Waals surface area contributed by atoms with Crippen molar-refractivity contribution in [3.05, 3.63) is 70.1 Å². The van der Waals surface area contributed by atoms with Gasteiger partial charge in [-0.15, -0.1) is 11.3 Å². The molecule has 2 aliphatic heterocycles. The predicted octanol–water partition coefficient (Wildman–Crippen LogP) is 3.23. The van der Waals surface area contributed by atoms with Crippen LogP contribution in [0.25, 0.3) is 11.3 Å². The van der Waals surface area contributed by atoms with Gasteiger partial charge in [-0.3, -0.25) is 14.4 Å². The summed E-state index contributed by atoms with van der Waals surface area (Å²) in [6, 6.07) is 13.7. The van der Waals surface area contributed by atoms with Crippen LogP contribution in [-0.2, 0) is 20.7 Å². The van der Waals surface area contributed by atoms with Gasteiger partial charge in [0.15, 0.2) is 5.78 Å². The highest BCUT2D eigenvalue weighted by Crippen LogP contribution is 2.29. The lowest BCUT2D eigenvalue weighted by atomic mass is 10.1. The van der Waals surface area contributed by atoms with E-state index in [4.69, 9.17) is 9.15 Å². The van der Waals surface area contributed by atoms with Gasteiger partial charge in [0.25, 0.3) is 5.91 Å². The van der Waals surface area contributed by atoms with E-state index in [0.29, 0.717) is 36.5 Å². The second kappa shape index (κ2) is 8.96. The number of fused-ring (bicyclic) bond motifs is 1. The molecule has 3 aromatic rings. The number of carbonyl (C=O) groups excluding carboxylic acids is 3. The van der Waals surface area contributed by atoms with E-state index >= 15 is 0 Å². The highest BCUT2D eigenvalue weighted by molar-refractivity contribution is 7.09. The fourth-order valence-electron chi connectivity index (χ4n) is 4.56. The van der Waals surface area contributed by atoms with Crippen molar-refractivity contribution in [1.29, 1.82) is 0 Å². The van der Waals surface area contributed by atoms with Crippen LogP contribution in [0.5, 0.6) is 0 Å². The molecule has 1 N–H and O–H groups in total. The number of Topliss-reactive ketones (excluding diaryl/α,β-unsaturated/α-hetero) is 1. The topological polar surface area (TPSA) is 88.8 Å². The van der Waals surface area contributed by atoms with E-state index in [1.807, 2.05) is 47.8 Å². The summed E-state index contributed by atoms with van der Waals surface area (Å²) in [5.41, 5.74) is 1.26. The molecular formula is C25H24N2O5S. The van der Waals surface area contributed by atoms with Gasteiger partial charge in [0, 0.05) is 23.4 Å². The first-order valence-electron chi connectivity index (χ1n) is 10.9. The summed E-state index contributed by atoms with van der Waals surface area (Å²) in [4.78, 5) is 41.6. The molecule has 3 atom stereocenters. The Bertz CT molecular complexity index is 1170. The molecule has 2 saturated heterocycles. The Kier molecular flexibility index (Phi) is 5.86. The van der Waals surface area contributed by atoms with Crippen LogP contribution in [0.4, 0.5) is 0 Å². The smallest absolute Gasteiger partial charge is 0.255 e. The van der Waals surface area contributed by atoms with Crippen molar-refractivity contribution < 1.29 is 23.5 Å². The molecule has 2 aromatic heterocycles. The van der Waals surface area contributed by atoms with Crippen molar-refractivity contribution in [2.75, 3.05) is 13.2 Å². The number of nitrogens with zero attached hydrogens (tertiary/aromatic N) is 1. The zero-order valence-corrected chi connectivity index (χ0v) is 19.0. The molecule has 0 radical (unpaired) electrons. The van der Waals surface area contributed by atoms with E-state index in [-0.39, 0.29) is 30.3 Å². The van der Waals surface area contributed by atoms with E-state index < -0.39 is 12.1 Å². The third-order valence-electron chi connectivity index (χ3n) is 6.20. The van der Waals surface area contributed by atoms with Crippen LogP contribution in [0.15, 0.2) is 58.3 Å². The summed E-state index contributed by atoms with van der Waals surface area (Å²) in [7, 11) is 0. The first-order chi connectivity index (χ1) is 16.0. The molecule has 7 nitrogen and oxygen atoms in total. The molecule has 2 amide bonds. The number of benzene rings is 1. The predicted molar refractivity (Wildman–Crippen MR) is 123 cm³/mol. The Labute approximate surface area is 195 Å². The fraction of sp³-hybridized carbons (Fsp3) is 0.320. The van der Waals surface area contributed by atoms with Gasteiger partial charge in [-0.2, -0.15) is 0 Å². The number of amides is 2. The maximum absolute atomic E-state index is 13.5. The van der Waals surface area contributed by atoms with Crippen molar-refractivity contribution in [2.24, 2.45) is 0 Å². The summed E-state index contributed by atoms with van der Waals surface area (Å²) in [6.07, 6.45) is 0.737. The number of furan rings is 1. The van der Waals surface area contributed by atoms with E-state index in [0.717, 1.165) is 10.4 Å². The van der Waals surface area contributed by atoms with Gasteiger partial charge in [0.2, 0.25) is 5.91 Å². The minimum Gasteiger partial charge on any atom is -0.461 e. The number of aryl methyl sites for hydroxylation is 1. The summed E-state index contributed by atoms with van der Waals surface area (Å²) < 4.78 is 11.4. The van der Waals surface area contributed by atoms with Crippen molar-refractivity contribution in [3.8, 4) is 11.3 Å². The zero-order chi connectivity index (χ0) is 22.9. The zero-order valence-electron chi connectivity index (χ0n) is 18.2. The number of hydrogen-bond donors (Lipinski definition) is 1. The van der Waals surface area contributed by atoms with Gasteiger partial charge >= 0.3 is 0 Å². The maximum atomic E-state index is 13.5. The highest BCUT2D eigenvalue weighted by Gasteiger charge is 2.48. The average molecular weight is 465 g/mol. The molecule has 0 saturated carbocycles. The molecule has 5 rings (SSSR count). The van der Waals surface area contributed by atoms with Crippen LogP contribution in [0.2, 0.25) is 0 Å². The van der Waals surface area contributed by atoms with Gasteiger partial charge in [-0.05, 0) is 30.9 Å². The standard InChI is InChI=1S/C25H24N2O5S/c1-15-18(13-22(32-15)16-6-3-2-4-7-16)24(29)26-19(12-17-8-5-11-33-17)25(30)27-10-9-21-23(27)20(28)14-31-21/h2-8,11,13,19,21,23H,9-10,12,14H2,1H3,(H,26,29). The van der Waals surface area contributed by atoms with Crippen molar-refractivity contribution in [3.63, 3.8) is 0 Å². The van der Waals surface area contributed by atoms with Crippen LogP contribution < -0.4 is 5.32 Å². The number of carbonyl (C=O) groups is 3. The molecule has 3 unspecified atom stereocenters. The second-order valence-corrected chi connectivity index (χ2v) is 9.37. The molecule has 0 aliphatic carbocycles. The van der Waals surface area contributed by atoms with Crippen LogP contribution in [0.3, 0.4) is 0 Å². The number of ketones is 1. The molecule has 2 aliphatic rings. The van der Waals surface area contributed by atoms with Crippen LogP contribution >= 0.6 is 11.3 Å². The van der Waals surface area contributed by atoms with Crippen LogP contribution in [0, 0.1) is 6.92 Å². The Hall–Kier alpha value is -3.23. The molecular weight excluding hydrogens is 440 g/mol. The number of thiophene rings is 1. The summed E-state index contributed by atoms with van der Waals surface area (Å²) >= 11 is 1.53. The Morgan fingerprint density at radius 3 is 2.79 bits per heavy atom. The third kappa shape index (κ3) is 4.24. The normalized spacial score (nSPS) is 20.6. The Morgan fingerprint density at radius 2 is 2.03 bits per heavy atom. The summed E-state index contributed by atoms with van der Waals surface area (Å²) in [5.74, 6) is 0.362. The van der Waals surface area contributed by atoms with Crippen molar-refractivity contribution in [1.82, 2.24) is 10.2 Å². The van der Waals surface area contributed by atoms with Crippen molar-refractivity contribution >= 4 is 28.9 Å². The van der Waals surface area contributed by atoms with Crippen LogP contribution in [-0.4, -0.2) is 53.8 Å². The molecule has 2 fully saturated rings. The molecule has 1 aromatic carbocycles. The van der Waals surface area contributed by atoms with Gasteiger partial charge in [-0.25, -0.2) is 0 Å². The van der Waals surface area contributed by atoms with Gasteiger partial charge < -0.3 is 19.4 Å². The van der Waals surface area contributed by atoms with Gasteiger partial charge in [-0.1, -0.05) is 36.4 Å². The summed E-state index contributed by atoms with van der Waals surface area (Å²) in [6.45, 7) is 2.22.